The van der Waals surface area contributed by atoms with E-state index in [-0.39, 0.29) is 18.4 Å². The second-order valence-electron chi connectivity index (χ2n) is 4.77. The third kappa shape index (κ3) is 5.40. The Morgan fingerprint density at radius 2 is 2.00 bits per heavy atom. The number of benzene rings is 1. The minimum absolute atomic E-state index is 0.0683. The molecule has 0 unspecified atom stereocenters. The molecule has 0 fully saturated rings. The number of hydrogen-bond donors (Lipinski definition) is 2. The van der Waals surface area contributed by atoms with Gasteiger partial charge in [0.2, 0.25) is 5.91 Å². The lowest BCUT2D eigenvalue weighted by molar-refractivity contribution is -0.114. The number of hydrogen-bond acceptors (Lipinski definition) is 3. The molecular weight excluding hydrogens is 256 g/mol. The summed E-state index contributed by atoms with van der Waals surface area (Å²) in [7, 11) is 1.76. The van der Waals surface area contributed by atoms with Gasteiger partial charge in [0.25, 0.3) is 5.91 Å². The third-order valence-electron chi connectivity index (χ3n) is 2.93. The zero-order valence-electron chi connectivity index (χ0n) is 12.1. The minimum atomic E-state index is -0.160. The Balaban J connectivity index is 2.59. The fourth-order valence-electron chi connectivity index (χ4n) is 1.89. The molecule has 110 valence electrons. The van der Waals surface area contributed by atoms with Gasteiger partial charge < -0.3 is 15.3 Å². The Bertz CT molecular complexity index is 460. The van der Waals surface area contributed by atoms with Gasteiger partial charge in [-0.1, -0.05) is 6.07 Å². The lowest BCUT2D eigenvalue weighted by Gasteiger charge is -2.17. The first-order valence-corrected chi connectivity index (χ1v) is 6.78. The van der Waals surface area contributed by atoms with E-state index in [1.165, 1.54) is 6.92 Å². The maximum atomic E-state index is 12.2. The van der Waals surface area contributed by atoms with Crippen LogP contribution in [0.1, 0.15) is 36.5 Å². The minimum Gasteiger partial charge on any atom is -0.396 e. The van der Waals surface area contributed by atoms with Gasteiger partial charge in [0, 0.05) is 38.4 Å². The Morgan fingerprint density at radius 1 is 1.25 bits per heavy atom. The summed E-state index contributed by atoms with van der Waals surface area (Å²) in [5, 5.41) is 11.4. The first-order valence-electron chi connectivity index (χ1n) is 6.78. The standard InChI is InChI=1S/C15H22N2O3/c1-12(19)16-14-8-6-7-13(11-14)15(20)17(2)9-4-3-5-10-18/h6-8,11,18H,3-5,9-10H2,1-2H3,(H,16,19). The van der Waals surface area contributed by atoms with Gasteiger partial charge in [-0.3, -0.25) is 9.59 Å². The number of carbonyl (C=O) groups excluding carboxylic acids is 2. The topological polar surface area (TPSA) is 69.6 Å². The van der Waals surface area contributed by atoms with Crippen LogP contribution >= 0.6 is 0 Å². The van der Waals surface area contributed by atoms with Crippen molar-refractivity contribution in [2.45, 2.75) is 26.2 Å². The van der Waals surface area contributed by atoms with Gasteiger partial charge in [-0.05, 0) is 37.5 Å². The van der Waals surface area contributed by atoms with Crippen LogP contribution in [0.5, 0.6) is 0 Å². The first-order chi connectivity index (χ1) is 9.54. The van der Waals surface area contributed by atoms with Crippen molar-refractivity contribution < 1.29 is 14.7 Å². The summed E-state index contributed by atoms with van der Waals surface area (Å²) < 4.78 is 0. The predicted molar refractivity (Wildman–Crippen MR) is 78.6 cm³/mol. The highest BCUT2D eigenvalue weighted by molar-refractivity contribution is 5.96. The first kappa shape index (κ1) is 16.2. The number of carbonyl (C=O) groups is 2. The van der Waals surface area contributed by atoms with E-state index >= 15 is 0 Å². The molecule has 0 spiro atoms. The van der Waals surface area contributed by atoms with Crippen molar-refractivity contribution in [2.24, 2.45) is 0 Å². The summed E-state index contributed by atoms with van der Waals surface area (Å²) >= 11 is 0. The molecule has 0 atom stereocenters. The van der Waals surface area contributed by atoms with Crippen LogP contribution in [-0.2, 0) is 4.79 Å². The van der Waals surface area contributed by atoms with Gasteiger partial charge in [0.05, 0.1) is 0 Å². The molecule has 0 saturated carbocycles. The van der Waals surface area contributed by atoms with Crippen molar-refractivity contribution >= 4 is 17.5 Å². The maximum absolute atomic E-state index is 12.2. The summed E-state index contributed by atoms with van der Waals surface area (Å²) in [6.07, 6.45) is 2.54. The second kappa shape index (κ2) is 8.32. The van der Waals surface area contributed by atoms with E-state index in [9.17, 15) is 9.59 Å². The molecule has 0 aliphatic rings. The van der Waals surface area contributed by atoms with Gasteiger partial charge in [-0.2, -0.15) is 0 Å². The van der Waals surface area contributed by atoms with Crippen LogP contribution in [0.3, 0.4) is 0 Å². The van der Waals surface area contributed by atoms with E-state index in [0.717, 1.165) is 19.3 Å². The number of rotatable bonds is 7. The summed E-state index contributed by atoms with van der Waals surface area (Å²) in [6, 6.07) is 6.91. The fraction of sp³-hybridized carbons (Fsp3) is 0.467. The summed E-state index contributed by atoms with van der Waals surface area (Å²) in [4.78, 5) is 24.9. The molecule has 1 rings (SSSR count). The van der Waals surface area contributed by atoms with Crippen molar-refractivity contribution in [3.8, 4) is 0 Å². The normalized spacial score (nSPS) is 10.2. The molecule has 0 saturated heterocycles. The van der Waals surface area contributed by atoms with Crippen LogP contribution in [0.15, 0.2) is 24.3 Å². The monoisotopic (exact) mass is 278 g/mol. The molecule has 1 aromatic carbocycles. The Morgan fingerprint density at radius 3 is 2.65 bits per heavy atom. The highest BCUT2D eigenvalue weighted by Crippen LogP contribution is 2.12. The van der Waals surface area contributed by atoms with E-state index in [1.807, 2.05) is 0 Å². The van der Waals surface area contributed by atoms with E-state index in [0.29, 0.717) is 17.8 Å². The molecule has 2 amide bonds. The number of nitrogens with zero attached hydrogens (tertiary/aromatic N) is 1. The average molecular weight is 278 g/mol. The molecule has 1 aromatic rings. The largest absolute Gasteiger partial charge is 0.396 e. The number of amides is 2. The molecule has 0 aromatic heterocycles. The lowest BCUT2D eigenvalue weighted by atomic mass is 10.1. The molecule has 2 N–H and O–H groups in total. The molecule has 0 heterocycles. The molecule has 5 heteroatoms. The Kier molecular flexibility index (Phi) is 6.73. The van der Waals surface area contributed by atoms with E-state index in [2.05, 4.69) is 5.32 Å². The zero-order valence-corrected chi connectivity index (χ0v) is 12.1. The molecule has 0 aliphatic heterocycles. The van der Waals surface area contributed by atoms with Crippen molar-refractivity contribution in [2.75, 3.05) is 25.5 Å². The van der Waals surface area contributed by atoms with E-state index in [1.54, 1.807) is 36.2 Å². The molecule has 0 bridgehead atoms. The predicted octanol–water partition coefficient (Wildman–Crippen LogP) is 1.88. The fourth-order valence-corrected chi connectivity index (χ4v) is 1.89. The van der Waals surface area contributed by atoms with Crippen LogP contribution < -0.4 is 5.32 Å². The highest BCUT2D eigenvalue weighted by Gasteiger charge is 2.11. The van der Waals surface area contributed by atoms with Crippen LogP contribution in [0.2, 0.25) is 0 Å². The smallest absolute Gasteiger partial charge is 0.253 e. The number of unbranched alkanes of at least 4 members (excludes halogenated alkanes) is 2. The molecular formula is C15H22N2O3. The highest BCUT2D eigenvalue weighted by atomic mass is 16.3. The number of nitrogens with one attached hydrogen (secondary N) is 1. The quantitative estimate of drug-likeness (QED) is 0.748. The summed E-state index contributed by atoms with van der Waals surface area (Å²) in [5.74, 6) is -0.229. The molecule has 0 radical (unpaired) electrons. The Hall–Kier alpha value is -1.88. The number of aliphatic hydroxyl groups excluding tert-OH is 1. The van der Waals surface area contributed by atoms with E-state index < -0.39 is 0 Å². The van der Waals surface area contributed by atoms with Crippen molar-refractivity contribution in [1.29, 1.82) is 0 Å². The van der Waals surface area contributed by atoms with Gasteiger partial charge in [-0.15, -0.1) is 0 Å². The van der Waals surface area contributed by atoms with Gasteiger partial charge >= 0.3 is 0 Å². The number of aliphatic hydroxyl groups is 1. The van der Waals surface area contributed by atoms with Crippen LogP contribution in [0.25, 0.3) is 0 Å². The van der Waals surface area contributed by atoms with Gasteiger partial charge in [-0.25, -0.2) is 0 Å². The maximum Gasteiger partial charge on any atom is 0.253 e. The van der Waals surface area contributed by atoms with Crippen LogP contribution in [0.4, 0.5) is 5.69 Å². The van der Waals surface area contributed by atoms with Gasteiger partial charge in [0.1, 0.15) is 0 Å². The van der Waals surface area contributed by atoms with Crippen molar-refractivity contribution in [1.82, 2.24) is 4.90 Å². The second-order valence-corrected chi connectivity index (χ2v) is 4.77. The zero-order chi connectivity index (χ0) is 15.0. The molecule has 0 aliphatic carbocycles. The van der Waals surface area contributed by atoms with Gasteiger partial charge in [0.15, 0.2) is 0 Å². The molecule has 20 heavy (non-hydrogen) atoms. The molecule has 5 nitrogen and oxygen atoms in total. The third-order valence-corrected chi connectivity index (χ3v) is 2.93. The number of anilines is 1. The Labute approximate surface area is 119 Å². The van der Waals surface area contributed by atoms with Crippen molar-refractivity contribution in [3.05, 3.63) is 29.8 Å². The SMILES string of the molecule is CC(=O)Nc1cccc(C(=O)N(C)CCCCCO)c1. The lowest BCUT2D eigenvalue weighted by Crippen LogP contribution is -2.27. The van der Waals surface area contributed by atoms with Crippen LogP contribution in [0, 0.1) is 0 Å². The van der Waals surface area contributed by atoms with Crippen molar-refractivity contribution in [3.63, 3.8) is 0 Å². The average Bonchev–Trinajstić information content (AvgIpc) is 2.42. The summed E-state index contributed by atoms with van der Waals surface area (Å²) in [5.41, 5.74) is 1.18. The summed E-state index contributed by atoms with van der Waals surface area (Å²) in [6.45, 7) is 2.28. The van der Waals surface area contributed by atoms with E-state index in [4.69, 9.17) is 5.11 Å². The van der Waals surface area contributed by atoms with Crippen LogP contribution in [-0.4, -0.2) is 42.0 Å².